The van der Waals surface area contributed by atoms with Crippen molar-refractivity contribution in [2.24, 2.45) is 0 Å². The third kappa shape index (κ3) is 2.14. The van der Waals surface area contributed by atoms with Crippen LogP contribution in [-0.4, -0.2) is 35.3 Å². The van der Waals surface area contributed by atoms with Crippen molar-refractivity contribution in [2.45, 2.75) is 19.4 Å². The predicted octanol–water partition coefficient (Wildman–Crippen LogP) is 1.80. The highest BCUT2D eigenvalue weighted by atomic mass is 79.9. The Labute approximate surface area is 114 Å². The number of rotatable bonds is 1. The first-order valence-corrected chi connectivity index (χ1v) is 6.58. The molecule has 1 aromatic carbocycles. The van der Waals surface area contributed by atoms with Crippen LogP contribution in [0, 0.1) is 0 Å². The van der Waals surface area contributed by atoms with Gasteiger partial charge in [-0.2, -0.15) is 0 Å². The van der Waals surface area contributed by atoms with Crippen LogP contribution in [0.4, 0.5) is 0 Å². The zero-order valence-corrected chi connectivity index (χ0v) is 12.0. The Balaban J connectivity index is 2.34. The molecule has 1 fully saturated rings. The maximum atomic E-state index is 12.5. The summed E-state index contributed by atoms with van der Waals surface area (Å²) in [5.74, 6) is -0.239. The van der Waals surface area contributed by atoms with E-state index in [0.29, 0.717) is 18.7 Å². The molecule has 1 N–H and O–H groups in total. The first-order valence-electron chi connectivity index (χ1n) is 5.79. The number of carbonyl (C=O) groups excluding carboxylic acids is 2. The summed E-state index contributed by atoms with van der Waals surface area (Å²) in [4.78, 5) is 25.9. The lowest BCUT2D eigenvalue weighted by Crippen LogP contribution is -2.63. The van der Waals surface area contributed by atoms with Crippen LogP contribution in [0.2, 0.25) is 0 Å². The Kier molecular flexibility index (Phi) is 3.43. The average Bonchev–Trinajstić information content (AvgIpc) is 2.32. The summed E-state index contributed by atoms with van der Waals surface area (Å²) >= 11 is 3.37. The number of amides is 2. The van der Waals surface area contributed by atoms with Crippen molar-refractivity contribution in [3.63, 3.8) is 0 Å². The maximum Gasteiger partial charge on any atom is 0.255 e. The zero-order valence-electron chi connectivity index (χ0n) is 10.4. The van der Waals surface area contributed by atoms with Crippen LogP contribution in [-0.2, 0) is 4.79 Å². The van der Waals surface area contributed by atoms with E-state index in [1.54, 1.807) is 24.8 Å². The van der Waals surface area contributed by atoms with E-state index in [1.165, 1.54) is 0 Å². The Morgan fingerprint density at radius 3 is 2.72 bits per heavy atom. The van der Waals surface area contributed by atoms with Crippen LogP contribution in [0.5, 0.6) is 0 Å². The summed E-state index contributed by atoms with van der Waals surface area (Å²) in [6.45, 7) is 4.55. The Hall–Kier alpha value is -1.36. The lowest BCUT2D eigenvalue weighted by molar-refractivity contribution is -0.133. The summed E-state index contributed by atoms with van der Waals surface area (Å²) < 4.78 is 0.747. The largest absolute Gasteiger partial charge is 0.352 e. The van der Waals surface area contributed by atoms with Gasteiger partial charge in [-0.3, -0.25) is 9.59 Å². The molecule has 2 rings (SSSR count). The summed E-state index contributed by atoms with van der Waals surface area (Å²) in [5.41, 5.74) is -0.231. The normalized spacial score (nSPS) is 18.4. The third-order valence-corrected chi connectivity index (χ3v) is 3.89. The monoisotopic (exact) mass is 310 g/mol. The summed E-state index contributed by atoms with van der Waals surface area (Å²) in [6, 6.07) is 7.25. The highest BCUT2D eigenvalue weighted by molar-refractivity contribution is 9.10. The van der Waals surface area contributed by atoms with E-state index in [1.807, 2.05) is 18.2 Å². The molecule has 0 radical (unpaired) electrons. The second kappa shape index (κ2) is 4.72. The van der Waals surface area contributed by atoms with E-state index in [0.717, 1.165) is 4.47 Å². The zero-order chi connectivity index (χ0) is 13.3. The Morgan fingerprint density at radius 1 is 1.39 bits per heavy atom. The van der Waals surface area contributed by atoms with Crippen molar-refractivity contribution in [3.8, 4) is 0 Å². The molecule has 0 unspecified atom stereocenters. The van der Waals surface area contributed by atoms with Crippen LogP contribution < -0.4 is 5.32 Å². The Morgan fingerprint density at radius 2 is 2.06 bits per heavy atom. The van der Waals surface area contributed by atoms with Gasteiger partial charge in [0.1, 0.15) is 5.54 Å². The van der Waals surface area contributed by atoms with E-state index in [4.69, 9.17) is 0 Å². The summed E-state index contributed by atoms with van der Waals surface area (Å²) in [5, 5.41) is 2.78. The quantitative estimate of drug-likeness (QED) is 0.860. The number of hydrogen-bond donors (Lipinski definition) is 1. The molecule has 0 bridgehead atoms. The number of hydrogen-bond acceptors (Lipinski definition) is 2. The van der Waals surface area contributed by atoms with Crippen LogP contribution in [0.15, 0.2) is 28.7 Å². The molecule has 5 heteroatoms. The highest BCUT2D eigenvalue weighted by Crippen LogP contribution is 2.24. The van der Waals surface area contributed by atoms with Gasteiger partial charge in [0.05, 0.1) is 5.56 Å². The van der Waals surface area contributed by atoms with E-state index >= 15 is 0 Å². The number of nitrogens with one attached hydrogen (secondary N) is 1. The molecular weight excluding hydrogens is 296 g/mol. The molecule has 18 heavy (non-hydrogen) atoms. The van der Waals surface area contributed by atoms with Gasteiger partial charge in [-0.25, -0.2) is 0 Å². The van der Waals surface area contributed by atoms with Gasteiger partial charge in [-0.1, -0.05) is 12.1 Å². The molecule has 96 valence electrons. The van der Waals surface area contributed by atoms with Crippen LogP contribution in [0.3, 0.4) is 0 Å². The van der Waals surface area contributed by atoms with Gasteiger partial charge >= 0.3 is 0 Å². The van der Waals surface area contributed by atoms with Gasteiger partial charge in [0.25, 0.3) is 5.91 Å². The Bertz CT molecular complexity index is 500. The second-order valence-electron chi connectivity index (χ2n) is 4.75. The van der Waals surface area contributed by atoms with E-state index in [-0.39, 0.29) is 11.8 Å². The molecule has 0 spiro atoms. The lowest BCUT2D eigenvalue weighted by atomic mass is 9.97. The number of piperazine rings is 1. The number of carbonyl (C=O) groups is 2. The first kappa shape index (κ1) is 13.1. The third-order valence-electron chi connectivity index (χ3n) is 3.20. The minimum Gasteiger partial charge on any atom is -0.352 e. The fourth-order valence-electron chi connectivity index (χ4n) is 2.04. The second-order valence-corrected chi connectivity index (χ2v) is 5.61. The van der Waals surface area contributed by atoms with Gasteiger partial charge in [0, 0.05) is 17.6 Å². The molecule has 4 nitrogen and oxygen atoms in total. The smallest absolute Gasteiger partial charge is 0.255 e. The van der Waals surface area contributed by atoms with Crippen molar-refractivity contribution in [3.05, 3.63) is 34.3 Å². The summed E-state index contributed by atoms with van der Waals surface area (Å²) in [7, 11) is 0. The number of benzene rings is 1. The minimum absolute atomic E-state index is 0.117. The van der Waals surface area contributed by atoms with Crippen LogP contribution >= 0.6 is 15.9 Å². The van der Waals surface area contributed by atoms with Crippen molar-refractivity contribution >= 4 is 27.7 Å². The van der Waals surface area contributed by atoms with E-state index < -0.39 is 5.54 Å². The van der Waals surface area contributed by atoms with Crippen molar-refractivity contribution < 1.29 is 9.59 Å². The maximum absolute atomic E-state index is 12.5. The molecule has 1 aliphatic heterocycles. The molecule has 0 atom stereocenters. The lowest BCUT2D eigenvalue weighted by Gasteiger charge is -2.41. The molecule has 0 aromatic heterocycles. The first-order chi connectivity index (χ1) is 8.44. The molecule has 1 aliphatic rings. The van der Waals surface area contributed by atoms with Crippen molar-refractivity contribution in [1.82, 2.24) is 10.2 Å². The van der Waals surface area contributed by atoms with Crippen molar-refractivity contribution in [1.29, 1.82) is 0 Å². The topological polar surface area (TPSA) is 49.4 Å². The fourth-order valence-corrected chi connectivity index (χ4v) is 2.49. The SMILES string of the molecule is CC1(C)C(=O)NCCN1C(=O)c1ccccc1Br. The standard InChI is InChI=1S/C13H15BrN2O2/c1-13(2)12(18)15-7-8-16(13)11(17)9-5-3-4-6-10(9)14/h3-6H,7-8H2,1-2H3,(H,15,18). The van der Waals surface area contributed by atoms with Gasteiger partial charge < -0.3 is 10.2 Å². The van der Waals surface area contributed by atoms with Crippen LogP contribution in [0.1, 0.15) is 24.2 Å². The van der Waals surface area contributed by atoms with Crippen LogP contribution in [0.25, 0.3) is 0 Å². The average molecular weight is 311 g/mol. The molecule has 0 aliphatic carbocycles. The molecule has 0 saturated carbocycles. The summed E-state index contributed by atoms with van der Waals surface area (Å²) in [6.07, 6.45) is 0. The predicted molar refractivity (Wildman–Crippen MR) is 72.3 cm³/mol. The van der Waals surface area contributed by atoms with Crippen molar-refractivity contribution in [2.75, 3.05) is 13.1 Å². The molecule has 2 amide bonds. The molecule has 1 aromatic rings. The number of nitrogens with zero attached hydrogens (tertiary/aromatic N) is 1. The highest BCUT2D eigenvalue weighted by Gasteiger charge is 2.40. The minimum atomic E-state index is -0.815. The fraction of sp³-hybridized carbons (Fsp3) is 0.385. The number of halogens is 1. The van der Waals surface area contributed by atoms with E-state index in [2.05, 4.69) is 21.2 Å². The van der Waals surface area contributed by atoms with Gasteiger partial charge in [0.15, 0.2) is 0 Å². The van der Waals surface area contributed by atoms with Gasteiger partial charge in [0.2, 0.25) is 5.91 Å². The van der Waals surface area contributed by atoms with Gasteiger partial charge in [-0.15, -0.1) is 0 Å². The van der Waals surface area contributed by atoms with Gasteiger partial charge in [-0.05, 0) is 41.9 Å². The molecule has 1 saturated heterocycles. The molecular formula is C13H15BrN2O2. The van der Waals surface area contributed by atoms with E-state index in [9.17, 15) is 9.59 Å². The molecule has 1 heterocycles.